The van der Waals surface area contributed by atoms with Crippen LogP contribution in [0.25, 0.3) is 0 Å². The summed E-state index contributed by atoms with van der Waals surface area (Å²) >= 11 is 0. The first-order valence-corrected chi connectivity index (χ1v) is 5.43. The van der Waals surface area contributed by atoms with Gasteiger partial charge in [0.2, 0.25) is 0 Å². The quantitative estimate of drug-likeness (QED) is 0.727. The van der Waals surface area contributed by atoms with Gasteiger partial charge in [-0.2, -0.15) is 0 Å². The maximum Gasteiger partial charge on any atom is 0.127 e. The topological polar surface area (TPSA) is 6.48 Å². The molecule has 1 atom stereocenters. The highest BCUT2D eigenvalue weighted by Gasteiger charge is 2.26. The molecular weight excluding hydrogens is 184 g/mol. The number of hydrogen-bond acceptors (Lipinski definition) is 2. The zero-order valence-electron chi connectivity index (χ0n) is 9.59. The fourth-order valence-electron chi connectivity index (χ4n) is 2.04. The molecule has 0 saturated heterocycles. The Bertz CT molecular complexity index is 343. The normalized spacial score (nSPS) is 20.4. The highest BCUT2D eigenvalue weighted by atomic mass is 15.4. The molecule has 0 amide bonds. The van der Waals surface area contributed by atoms with Crippen LogP contribution in [0.5, 0.6) is 0 Å². The minimum Gasteiger partial charge on any atom is -0.355 e. The lowest BCUT2D eigenvalue weighted by molar-refractivity contribution is 0.148. The van der Waals surface area contributed by atoms with Gasteiger partial charge < -0.3 is 9.80 Å². The third-order valence-electron chi connectivity index (χ3n) is 2.84. The van der Waals surface area contributed by atoms with Crippen molar-refractivity contribution in [1.29, 1.82) is 0 Å². The molecule has 1 heterocycles. The van der Waals surface area contributed by atoms with E-state index in [1.54, 1.807) is 0 Å². The molecule has 0 bridgehead atoms. The Morgan fingerprint density at radius 2 is 1.73 bits per heavy atom. The Hall–Kier alpha value is -1.44. The largest absolute Gasteiger partial charge is 0.355 e. The molecule has 2 rings (SSSR count). The van der Waals surface area contributed by atoms with Gasteiger partial charge in [-0.1, -0.05) is 30.3 Å². The van der Waals surface area contributed by atoms with E-state index in [0.717, 1.165) is 0 Å². The van der Waals surface area contributed by atoms with Crippen molar-refractivity contribution >= 4 is 0 Å². The Morgan fingerprint density at radius 3 is 2.33 bits per heavy atom. The van der Waals surface area contributed by atoms with Crippen LogP contribution in [0.2, 0.25) is 0 Å². The summed E-state index contributed by atoms with van der Waals surface area (Å²) in [5.41, 5.74) is 1.35. The molecule has 0 aromatic heterocycles. The summed E-state index contributed by atoms with van der Waals surface area (Å²) in [6.45, 7) is 4.44. The maximum absolute atomic E-state index is 2.37. The molecule has 1 aromatic rings. The summed E-state index contributed by atoms with van der Waals surface area (Å²) in [7, 11) is 2.12. The second-order valence-electron chi connectivity index (χ2n) is 4.29. The molecular formula is C13H18N2. The molecule has 0 aliphatic carbocycles. The van der Waals surface area contributed by atoms with E-state index in [4.69, 9.17) is 0 Å². The Morgan fingerprint density at radius 1 is 1.07 bits per heavy atom. The standard InChI is InChI=1S/C13H18N2/c1-11(2)15-10-9-14(3)13(15)12-7-5-4-6-8-12/h4-11,13H,1-3H3. The first-order chi connectivity index (χ1) is 7.20. The van der Waals surface area contributed by atoms with E-state index >= 15 is 0 Å². The molecule has 0 N–H and O–H groups in total. The Balaban J connectivity index is 2.28. The lowest BCUT2D eigenvalue weighted by Gasteiger charge is -2.33. The van der Waals surface area contributed by atoms with Gasteiger partial charge in [0.15, 0.2) is 0 Å². The van der Waals surface area contributed by atoms with Crippen LogP contribution in [0.15, 0.2) is 42.7 Å². The second-order valence-corrected chi connectivity index (χ2v) is 4.29. The van der Waals surface area contributed by atoms with Gasteiger partial charge in [0.05, 0.1) is 0 Å². The molecule has 0 spiro atoms. The van der Waals surface area contributed by atoms with E-state index in [0.29, 0.717) is 12.2 Å². The molecule has 1 aliphatic heterocycles. The van der Waals surface area contributed by atoms with Gasteiger partial charge in [0.1, 0.15) is 6.17 Å². The number of benzene rings is 1. The van der Waals surface area contributed by atoms with Crippen LogP contribution >= 0.6 is 0 Å². The summed E-state index contributed by atoms with van der Waals surface area (Å²) in [6, 6.07) is 11.1. The van der Waals surface area contributed by atoms with Crippen molar-refractivity contribution in [3.63, 3.8) is 0 Å². The highest BCUT2D eigenvalue weighted by Crippen LogP contribution is 2.30. The van der Waals surface area contributed by atoms with Crippen LogP contribution in [-0.2, 0) is 0 Å². The van der Waals surface area contributed by atoms with Crippen molar-refractivity contribution in [2.45, 2.75) is 26.1 Å². The minimum absolute atomic E-state index is 0.353. The monoisotopic (exact) mass is 202 g/mol. The predicted molar refractivity (Wildman–Crippen MR) is 63.1 cm³/mol. The zero-order valence-corrected chi connectivity index (χ0v) is 9.59. The summed E-state index contributed by atoms with van der Waals surface area (Å²) in [5, 5.41) is 0. The number of rotatable bonds is 2. The van der Waals surface area contributed by atoms with Crippen molar-refractivity contribution < 1.29 is 0 Å². The van der Waals surface area contributed by atoms with Crippen LogP contribution < -0.4 is 0 Å². The Labute approximate surface area is 91.8 Å². The van der Waals surface area contributed by atoms with Gasteiger partial charge in [0, 0.05) is 25.5 Å². The first kappa shape index (κ1) is 10.1. The number of nitrogens with zero attached hydrogens (tertiary/aromatic N) is 2. The van der Waals surface area contributed by atoms with Crippen LogP contribution in [0, 0.1) is 0 Å². The van der Waals surface area contributed by atoms with Crippen molar-refractivity contribution in [2.24, 2.45) is 0 Å². The molecule has 0 radical (unpaired) electrons. The van der Waals surface area contributed by atoms with Gasteiger partial charge >= 0.3 is 0 Å². The van der Waals surface area contributed by atoms with Crippen LogP contribution in [0.4, 0.5) is 0 Å². The fourth-order valence-corrected chi connectivity index (χ4v) is 2.04. The van der Waals surface area contributed by atoms with Crippen molar-refractivity contribution in [1.82, 2.24) is 9.80 Å². The maximum atomic E-state index is 2.37. The van der Waals surface area contributed by atoms with Gasteiger partial charge in [-0.3, -0.25) is 0 Å². The summed E-state index contributed by atoms with van der Waals surface area (Å²) in [4.78, 5) is 4.62. The van der Waals surface area contributed by atoms with Crippen molar-refractivity contribution in [3.05, 3.63) is 48.3 Å². The predicted octanol–water partition coefficient (Wildman–Crippen LogP) is 2.81. The third-order valence-corrected chi connectivity index (χ3v) is 2.84. The lowest BCUT2D eigenvalue weighted by atomic mass is 10.1. The van der Waals surface area contributed by atoms with Crippen molar-refractivity contribution in [2.75, 3.05) is 7.05 Å². The minimum atomic E-state index is 0.353. The smallest absolute Gasteiger partial charge is 0.127 e. The van der Waals surface area contributed by atoms with Gasteiger partial charge in [-0.25, -0.2) is 0 Å². The van der Waals surface area contributed by atoms with E-state index in [-0.39, 0.29) is 0 Å². The third kappa shape index (κ3) is 1.84. The van der Waals surface area contributed by atoms with E-state index in [1.165, 1.54) is 5.56 Å². The summed E-state index contributed by atoms with van der Waals surface area (Å²) < 4.78 is 0. The molecule has 80 valence electrons. The van der Waals surface area contributed by atoms with Crippen LogP contribution in [0.1, 0.15) is 25.6 Å². The van der Waals surface area contributed by atoms with Crippen LogP contribution in [0.3, 0.4) is 0 Å². The van der Waals surface area contributed by atoms with Gasteiger partial charge in [-0.15, -0.1) is 0 Å². The Kier molecular flexibility index (Phi) is 2.67. The second kappa shape index (κ2) is 3.97. The van der Waals surface area contributed by atoms with Gasteiger partial charge in [-0.05, 0) is 19.4 Å². The molecule has 15 heavy (non-hydrogen) atoms. The van der Waals surface area contributed by atoms with E-state index in [9.17, 15) is 0 Å². The molecule has 1 unspecified atom stereocenters. The molecule has 1 aliphatic rings. The average molecular weight is 202 g/mol. The van der Waals surface area contributed by atoms with E-state index in [1.807, 2.05) is 0 Å². The number of hydrogen-bond donors (Lipinski definition) is 0. The summed E-state index contributed by atoms with van der Waals surface area (Å²) in [5.74, 6) is 0. The fraction of sp³-hybridized carbons (Fsp3) is 0.385. The van der Waals surface area contributed by atoms with E-state index in [2.05, 4.69) is 73.4 Å². The van der Waals surface area contributed by atoms with Gasteiger partial charge in [0.25, 0.3) is 0 Å². The van der Waals surface area contributed by atoms with E-state index < -0.39 is 0 Å². The molecule has 1 aromatic carbocycles. The molecule has 0 fully saturated rings. The SMILES string of the molecule is CC(C)N1C=CN(C)C1c1ccccc1. The zero-order chi connectivity index (χ0) is 10.8. The highest BCUT2D eigenvalue weighted by molar-refractivity contribution is 5.21. The van der Waals surface area contributed by atoms with Crippen LogP contribution in [-0.4, -0.2) is 22.9 Å². The molecule has 0 saturated carbocycles. The average Bonchev–Trinajstić information content (AvgIpc) is 2.61. The first-order valence-electron chi connectivity index (χ1n) is 5.43. The van der Waals surface area contributed by atoms with Crippen molar-refractivity contribution in [3.8, 4) is 0 Å². The lowest BCUT2D eigenvalue weighted by Crippen LogP contribution is -2.33. The molecule has 2 heteroatoms. The summed E-state index contributed by atoms with van der Waals surface area (Å²) in [6.07, 6.45) is 4.66. The molecule has 2 nitrogen and oxygen atoms in total.